The fourth-order valence-electron chi connectivity index (χ4n) is 0.423. The van der Waals surface area contributed by atoms with Crippen molar-refractivity contribution < 1.29 is 8.42 Å². The van der Waals surface area contributed by atoms with Gasteiger partial charge in [0.2, 0.25) is 0 Å². The third kappa shape index (κ3) is 3.14. The molecule has 0 aromatic carbocycles. The minimum absolute atomic E-state index is 0.249. The van der Waals surface area contributed by atoms with Crippen LogP contribution < -0.4 is 9.86 Å². The first-order chi connectivity index (χ1) is 4.97. The molecule has 1 rings (SSSR count). The molecule has 62 valence electrons. The van der Waals surface area contributed by atoms with Crippen molar-refractivity contribution in [2.45, 2.75) is 0 Å². The molecule has 0 atom stereocenters. The van der Waals surface area contributed by atoms with Crippen LogP contribution in [0.1, 0.15) is 0 Å². The van der Waals surface area contributed by atoms with Crippen molar-refractivity contribution in [2.24, 2.45) is 5.14 Å². The van der Waals surface area contributed by atoms with Gasteiger partial charge in [-0.1, -0.05) is 11.3 Å². The molecule has 1 heterocycles. The first-order valence-electron chi connectivity index (χ1n) is 2.39. The summed E-state index contributed by atoms with van der Waals surface area (Å²) in [6.45, 7) is 0. The highest BCUT2D eigenvalue weighted by Gasteiger charge is 2.04. The van der Waals surface area contributed by atoms with Crippen LogP contribution in [0.25, 0.3) is 0 Å². The van der Waals surface area contributed by atoms with Crippen molar-refractivity contribution in [2.75, 3.05) is 4.72 Å². The zero-order valence-corrected chi connectivity index (χ0v) is 8.33. The SMILES string of the molecule is NS(=O)(=O)Nc1ncc(Br)s1. The third-order valence-electron chi connectivity index (χ3n) is 0.707. The molecule has 0 spiro atoms. The quantitative estimate of drug-likeness (QED) is 0.810. The third-order valence-corrected chi connectivity index (χ3v) is 2.71. The Morgan fingerprint density at radius 2 is 2.36 bits per heavy atom. The zero-order valence-electron chi connectivity index (χ0n) is 5.11. The molecule has 1 aromatic heterocycles. The number of nitrogens with zero attached hydrogens (tertiary/aromatic N) is 1. The molecular weight excluding hydrogens is 254 g/mol. The van der Waals surface area contributed by atoms with E-state index in [9.17, 15) is 8.42 Å². The van der Waals surface area contributed by atoms with Crippen molar-refractivity contribution in [1.29, 1.82) is 0 Å². The maximum atomic E-state index is 10.4. The number of hydrogen-bond donors (Lipinski definition) is 2. The zero-order chi connectivity index (χ0) is 8.48. The average Bonchev–Trinajstić information content (AvgIpc) is 2.10. The van der Waals surface area contributed by atoms with Gasteiger partial charge in [0.15, 0.2) is 5.13 Å². The summed E-state index contributed by atoms with van der Waals surface area (Å²) < 4.78 is 23.6. The van der Waals surface area contributed by atoms with Gasteiger partial charge in [0, 0.05) is 0 Å². The first kappa shape index (κ1) is 8.91. The molecule has 0 unspecified atom stereocenters. The van der Waals surface area contributed by atoms with E-state index in [0.717, 1.165) is 15.1 Å². The van der Waals surface area contributed by atoms with Crippen molar-refractivity contribution in [1.82, 2.24) is 4.98 Å². The van der Waals surface area contributed by atoms with Crippen LogP contribution in [0.4, 0.5) is 5.13 Å². The Labute approximate surface area is 75.9 Å². The molecule has 0 aliphatic heterocycles. The van der Waals surface area contributed by atoms with E-state index in [0.29, 0.717) is 0 Å². The van der Waals surface area contributed by atoms with Gasteiger partial charge in [-0.2, -0.15) is 8.42 Å². The average molecular weight is 258 g/mol. The number of thiazole rings is 1. The molecule has 0 amide bonds. The summed E-state index contributed by atoms with van der Waals surface area (Å²) in [6.07, 6.45) is 1.48. The maximum absolute atomic E-state index is 10.4. The number of halogens is 1. The predicted octanol–water partition coefficient (Wildman–Crippen LogP) is 0.521. The van der Waals surface area contributed by atoms with Crippen molar-refractivity contribution in [3.63, 3.8) is 0 Å². The maximum Gasteiger partial charge on any atom is 0.298 e. The topological polar surface area (TPSA) is 85.1 Å². The molecule has 3 N–H and O–H groups in total. The van der Waals surface area contributed by atoms with Crippen LogP contribution in [0.3, 0.4) is 0 Å². The molecule has 5 nitrogen and oxygen atoms in total. The van der Waals surface area contributed by atoms with Crippen molar-refractivity contribution >= 4 is 42.6 Å². The molecule has 11 heavy (non-hydrogen) atoms. The normalized spacial score (nSPS) is 11.5. The molecule has 0 radical (unpaired) electrons. The van der Waals surface area contributed by atoms with Crippen LogP contribution in [-0.4, -0.2) is 13.4 Å². The van der Waals surface area contributed by atoms with Gasteiger partial charge in [0.05, 0.1) is 9.98 Å². The lowest BCUT2D eigenvalue weighted by atomic mass is 11.0. The van der Waals surface area contributed by atoms with Gasteiger partial charge in [-0.25, -0.2) is 14.8 Å². The summed E-state index contributed by atoms with van der Waals surface area (Å²) in [4.78, 5) is 3.70. The molecule has 0 aliphatic rings. The van der Waals surface area contributed by atoms with Crippen LogP contribution in [0.5, 0.6) is 0 Å². The first-order valence-corrected chi connectivity index (χ1v) is 5.55. The Kier molecular flexibility index (Phi) is 2.47. The van der Waals surface area contributed by atoms with E-state index < -0.39 is 10.2 Å². The van der Waals surface area contributed by atoms with Crippen LogP contribution in [0, 0.1) is 0 Å². The van der Waals surface area contributed by atoms with E-state index in [1.165, 1.54) is 6.20 Å². The van der Waals surface area contributed by atoms with Crippen molar-refractivity contribution in [3.05, 3.63) is 9.98 Å². The van der Waals surface area contributed by atoms with Gasteiger partial charge in [-0.05, 0) is 15.9 Å². The molecule has 0 saturated carbocycles. The smallest absolute Gasteiger partial charge is 0.246 e. The van der Waals surface area contributed by atoms with Crippen molar-refractivity contribution in [3.8, 4) is 0 Å². The van der Waals surface area contributed by atoms with Gasteiger partial charge in [-0.15, -0.1) is 0 Å². The predicted molar refractivity (Wildman–Crippen MR) is 46.5 cm³/mol. The summed E-state index contributed by atoms with van der Waals surface area (Å²) >= 11 is 4.27. The molecular formula is C3H4BrN3O2S2. The molecule has 0 saturated heterocycles. The number of nitrogens with one attached hydrogen (secondary N) is 1. The Hall–Kier alpha value is -0.180. The highest BCUT2D eigenvalue weighted by Crippen LogP contribution is 2.23. The minimum atomic E-state index is -3.69. The van der Waals surface area contributed by atoms with E-state index in [1.807, 2.05) is 4.72 Å². The molecule has 0 fully saturated rings. The van der Waals surface area contributed by atoms with Crippen LogP contribution in [0.15, 0.2) is 9.98 Å². The lowest BCUT2D eigenvalue weighted by molar-refractivity contribution is 0.603. The van der Waals surface area contributed by atoms with E-state index in [-0.39, 0.29) is 5.13 Å². The van der Waals surface area contributed by atoms with E-state index in [4.69, 9.17) is 0 Å². The second-order valence-electron chi connectivity index (χ2n) is 1.62. The summed E-state index contributed by atoms with van der Waals surface area (Å²) in [5, 5.41) is 4.94. The standard InChI is InChI=1S/C3H4BrN3O2S2/c4-2-1-6-3(10-2)7-11(5,8)9/h1H,(H,6,7)(H2,5,8,9). The Balaban J connectivity index is 2.81. The lowest BCUT2D eigenvalue weighted by Gasteiger charge is -1.94. The molecule has 1 aromatic rings. The highest BCUT2D eigenvalue weighted by molar-refractivity contribution is 9.11. The molecule has 0 aliphatic carbocycles. The number of hydrogen-bond acceptors (Lipinski definition) is 4. The van der Waals surface area contributed by atoms with E-state index in [1.54, 1.807) is 0 Å². The molecule has 8 heteroatoms. The minimum Gasteiger partial charge on any atom is -0.246 e. The second kappa shape index (κ2) is 3.05. The fraction of sp³-hybridized carbons (Fsp3) is 0. The summed E-state index contributed by atoms with van der Waals surface area (Å²) in [5.41, 5.74) is 0. The van der Waals surface area contributed by atoms with Gasteiger partial charge >= 0.3 is 0 Å². The second-order valence-corrected chi connectivity index (χ2v) is 5.32. The van der Waals surface area contributed by atoms with Gasteiger partial charge in [0.25, 0.3) is 10.2 Å². The number of aromatic nitrogens is 1. The van der Waals surface area contributed by atoms with Gasteiger partial charge < -0.3 is 0 Å². The Morgan fingerprint density at radius 1 is 1.73 bits per heavy atom. The van der Waals surface area contributed by atoms with Gasteiger partial charge in [0.1, 0.15) is 0 Å². The largest absolute Gasteiger partial charge is 0.298 e. The Bertz CT molecular complexity index is 345. The molecule has 0 bridgehead atoms. The lowest BCUT2D eigenvalue weighted by Crippen LogP contribution is -2.21. The summed E-state index contributed by atoms with van der Waals surface area (Å²) in [7, 11) is -3.69. The van der Waals surface area contributed by atoms with Crippen LogP contribution in [-0.2, 0) is 10.2 Å². The van der Waals surface area contributed by atoms with Gasteiger partial charge in [-0.3, -0.25) is 0 Å². The fourth-order valence-corrected chi connectivity index (χ4v) is 2.19. The number of nitrogens with two attached hydrogens (primary N) is 1. The monoisotopic (exact) mass is 257 g/mol. The number of rotatable bonds is 2. The Morgan fingerprint density at radius 3 is 2.73 bits per heavy atom. The van der Waals surface area contributed by atoms with Crippen LogP contribution in [0.2, 0.25) is 0 Å². The summed E-state index contributed by atoms with van der Waals surface area (Å²) in [5.74, 6) is 0. The highest BCUT2D eigenvalue weighted by atomic mass is 79.9. The summed E-state index contributed by atoms with van der Waals surface area (Å²) in [6, 6.07) is 0. The number of anilines is 1. The van der Waals surface area contributed by atoms with Crippen LogP contribution >= 0.6 is 27.3 Å². The van der Waals surface area contributed by atoms with E-state index >= 15 is 0 Å². The van der Waals surface area contributed by atoms with E-state index in [2.05, 4.69) is 26.1 Å².